The van der Waals surface area contributed by atoms with Crippen molar-refractivity contribution in [3.8, 4) is 0 Å². The average molecular weight is 222 g/mol. The number of rotatable bonds is 1. The van der Waals surface area contributed by atoms with Gasteiger partial charge in [0.05, 0.1) is 6.42 Å². The lowest BCUT2D eigenvalue weighted by molar-refractivity contribution is -0.0280. The maximum absolute atomic E-state index is 11.6. The molecule has 2 atom stereocenters. The summed E-state index contributed by atoms with van der Waals surface area (Å²) in [6.07, 6.45) is 3.09. The summed E-state index contributed by atoms with van der Waals surface area (Å²) in [7, 11) is 0. The molecule has 3 heterocycles. The second kappa shape index (κ2) is 3.01. The number of hydrogen-bond acceptors (Lipinski definition) is 4. The normalized spacial score (nSPS) is 26.2. The highest BCUT2D eigenvalue weighted by molar-refractivity contribution is 5.08. The van der Waals surface area contributed by atoms with Gasteiger partial charge in [-0.3, -0.25) is 14.3 Å². The number of aromatic amines is 1. The van der Waals surface area contributed by atoms with E-state index in [-0.39, 0.29) is 11.7 Å². The van der Waals surface area contributed by atoms with Crippen molar-refractivity contribution in [2.75, 3.05) is 0 Å². The van der Waals surface area contributed by atoms with Crippen LogP contribution in [0.25, 0.3) is 0 Å². The van der Waals surface area contributed by atoms with Crippen LogP contribution in [0.3, 0.4) is 0 Å². The average Bonchev–Trinajstić information content (AvgIpc) is 2.84. The summed E-state index contributed by atoms with van der Waals surface area (Å²) in [4.78, 5) is 25.1. The molecule has 2 aliphatic heterocycles. The summed E-state index contributed by atoms with van der Waals surface area (Å²) >= 11 is 0. The maximum Gasteiger partial charge on any atom is 0.331 e. The molecule has 2 aliphatic rings. The Morgan fingerprint density at radius 3 is 2.94 bits per heavy atom. The van der Waals surface area contributed by atoms with E-state index in [4.69, 9.17) is 9.47 Å². The number of H-pyrrole nitrogens is 1. The van der Waals surface area contributed by atoms with Crippen LogP contribution in [0.4, 0.5) is 0 Å². The molecule has 0 spiro atoms. The molecular formula is C10H10N2O4. The lowest BCUT2D eigenvalue weighted by atomic mass is 10.2. The summed E-state index contributed by atoms with van der Waals surface area (Å²) in [6, 6.07) is 0. The highest BCUT2D eigenvalue weighted by Gasteiger charge is 2.40. The summed E-state index contributed by atoms with van der Waals surface area (Å²) in [6.45, 7) is 1.64. The molecule has 2 bridgehead atoms. The molecule has 6 heteroatoms. The Morgan fingerprint density at radius 1 is 1.50 bits per heavy atom. The van der Waals surface area contributed by atoms with Gasteiger partial charge in [0, 0.05) is 11.8 Å². The number of nitrogens with one attached hydrogen (secondary N) is 1. The predicted octanol–water partition coefficient (Wildman–Crippen LogP) is 0.00412. The fraction of sp³-hybridized carbons (Fsp3) is 0.400. The molecule has 16 heavy (non-hydrogen) atoms. The lowest BCUT2D eigenvalue weighted by Gasteiger charge is -2.21. The van der Waals surface area contributed by atoms with Crippen LogP contribution in [0.15, 0.2) is 27.8 Å². The molecule has 84 valence electrons. The number of aryl methyl sites for hydroxylation is 1. The van der Waals surface area contributed by atoms with E-state index in [1.165, 1.54) is 10.8 Å². The Hall–Kier alpha value is -1.98. The zero-order valence-corrected chi connectivity index (χ0v) is 8.60. The number of aromatic nitrogens is 2. The zero-order valence-electron chi connectivity index (χ0n) is 8.60. The molecule has 1 aromatic rings. The molecule has 1 fully saturated rings. The fourth-order valence-electron chi connectivity index (χ4n) is 1.94. The van der Waals surface area contributed by atoms with E-state index in [0.29, 0.717) is 12.0 Å². The van der Waals surface area contributed by atoms with E-state index in [9.17, 15) is 9.59 Å². The van der Waals surface area contributed by atoms with Gasteiger partial charge in [0.1, 0.15) is 12.0 Å². The van der Waals surface area contributed by atoms with Crippen molar-refractivity contribution >= 4 is 0 Å². The van der Waals surface area contributed by atoms with Crippen LogP contribution in [0.1, 0.15) is 18.2 Å². The largest absolute Gasteiger partial charge is 0.488 e. The van der Waals surface area contributed by atoms with Gasteiger partial charge in [-0.25, -0.2) is 4.79 Å². The first-order valence-electron chi connectivity index (χ1n) is 4.98. The van der Waals surface area contributed by atoms with E-state index in [2.05, 4.69) is 4.98 Å². The van der Waals surface area contributed by atoms with Crippen LogP contribution in [0.2, 0.25) is 0 Å². The zero-order chi connectivity index (χ0) is 11.3. The van der Waals surface area contributed by atoms with Crippen LogP contribution < -0.4 is 11.2 Å². The van der Waals surface area contributed by atoms with Gasteiger partial charge in [-0.05, 0) is 6.92 Å². The molecule has 0 amide bonds. The highest BCUT2D eigenvalue weighted by atomic mass is 16.6. The van der Waals surface area contributed by atoms with Gasteiger partial charge in [0.25, 0.3) is 5.56 Å². The fourth-order valence-corrected chi connectivity index (χ4v) is 1.94. The van der Waals surface area contributed by atoms with Crippen molar-refractivity contribution in [3.05, 3.63) is 44.6 Å². The standard InChI is InChI=1S/C10H10N2O4/c1-5-3-12(10(14)11-8(5)13)9-7-2-6(16-9)4-15-7/h3-4,7,9H,2H2,1H3,(H,11,13,14). The summed E-state index contributed by atoms with van der Waals surface area (Å²) in [5.74, 6) is 0.741. The van der Waals surface area contributed by atoms with Gasteiger partial charge in [-0.2, -0.15) is 0 Å². The molecule has 1 aromatic heterocycles. The quantitative estimate of drug-likeness (QED) is 0.726. The number of hydrogen-bond donors (Lipinski definition) is 1. The molecule has 6 nitrogen and oxygen atoms in total. The van der Waals surface area contributed by atoms with Crippen molar-refractivity contribution in [2.45, 2.75) is 25.7 Å². The molecule has 0 saturated carbocycles. The molecule has 0 aliphatic carbocycles. The van der Waals surface area contributed by atoms with Gasteiger partial charge in [-0.15, -0.1) is 0 Å². The topological polar surface area (TPSA) is 73.3 Å². The molecular weight excluding hydrogens is 212 g/mol. The second-order valence-corrected chi connectivity index (χ2v) is 3.95. The van der Waals surface area contributed by atoms with Gasteiger partial charge in [0.15, 0.2) is 6.10 Å². The summed E-state index contributed by atoms with van der Waals surface area (Å²) < 4.78 is 12.2. The first-order valence-corrected chi connectivity index (χ1v) is 4.98. The third-order valence-corrected chi connectivity index (χ3v) is 2.79. The SMILES string of the molecule is Cc1cn(C2OC3=COC2C3)c(=O)[nH]c1=O. The Bertz CT molecular complexity index is 583. The monoisotopic (exact) mass is 222 g/mol. The van der Waals surface area contributed by atoms with Crippen molar-refractivity contribution in [1.29, 1.82) is 0 Å². The number of fused-ring (bicyclic) bond motifs is 2. The predicted molar refractivity (Wildman–Crippen MR) is 53.8 cm³/mol. The number of ether oxygens (including phenoxy) is 2. The van der Waals surface area contributed by atoms with Crippen molar-refractivity contribution < 1.29 is 9.47 Å². The first kappa shape index (κ1) is 9.26. The summed E-state index contributed by atoms with van der Waals surface area (Å²) in [5.41, 5.74) is -0.373. The summed E-state index contributed by atoms with van der Waals surface area (Å²) in [5, 5.41) is 0. The minimum absolute atomic E-state index is 0.169. The van der Waals surface area contributed by atoms with E-state index in [0.717, 1.165) is 5.76 Å². The Kier molecular flexibility index (Phi) is 1.74. The lowest BCUT2D eigenvalue weighted by Crippen LogP contribution is -2.36. The van der Waals surface area contributed by atoms with Gasteiger partial charge < -0.3 is 9.47 Å². The van der Waals surface area contributed by atoms with E-state index in [1.54, 1.807) is 13.2 Å². The molecule has 2 unspecified atom stereocenters. The van der Waals surface area contributed by atoms with Gasteiger partial charge in [0.2, 0.25) is 6.23 Å². The van der Waals surface area contributed by atoms with Crippen molar-refractivity contribution in [1.82, 2.24) is 9.55 Å². The van der Waals surface area contributed by atoms with Crippen molar-refractivity contribution in [3.63, 3.8) is 0 Å². The third kappa shape index (κ3) is 1.19. The minimum Gasteiger partial charge on any atom is -0.488 e. The Morgan fingerprint density at radius 2 is 2.31 bits per heavy atom. The van der Waals surface area contributed by atoms with E-state index < -0.39 is 11.9 Å². The van der Waals surface area contributed by atoms with Gasteiger partial charge >= 0.3 is 5.69 Å². The number of nitrogens with zero attached hydrogens (tertiary/aromatic N) is 1. The Labute approximate surface area is 90.1 Å². The molecule has 3 rings (SSSR count). The van der Waals surface area contributed by atoms with Gasteiger partial charge in [-0.1, -0.05) is 0 Å². The molecule has 1 saturated heterocycles. The van der Waals surface area contributed by atoms with Crippen LogP contribution >= 0.6 is 0 Å². The van der Waals surface area contributed by atoms with Crippen LogP contribution in [-0.2, 0) is 9.47 Å². The highest BCUT2D eigenvalue weighted by Crippen LogP contribution is 2.37. The van der Waals surface area contributed by atoms with Crippen LogP contribution in [-0.4, -0.2) is 15.7 Å². The van der Waals surface area contributed by atoms with Crippen LogP contribution in [0, 0.1) is 6.92 Å². The first-order chi connectivity index (χ1) is 7.65. The smallest absolute Gasteiger partial charge is 0.331 e. The molecule has 0 aromatic carbocycles. The third-order valence-electron chi connectivity index (χ3n) is 2.79. The van der Waals surface area contributed by atoms with Crippen LogP contribution in [0.5, 0.6) is 0 Å². The maximum atomic E-state index is 11.6. The molecule has 0 radical (unpaired) electrons. The Balaban J connectivity index is 2.08. The molecule has 1 N–H and O–H groups in total. The second-order valence-electron chi connectivity index (χ2n) is 3.95. The van der Waals surface area contributed by atoms with E-state index in [1.807, 2.05) is 0 Å². The minimum atomic E-state index is -0.475. The van der Waals surface area contributed by atoms with Crippen molar-refractivity contribution in [2.24, 2.45) is 0 Å². The van der Waals surface area contributed by atoms with E-state index >= 15 is 0 Å².